The molecule has 1 amide bonds. The Bertz CT molecular complexity index is 856. The lowest BCUT2D eigenvalue weighted by Gasteiger charge is -2.35. The number of hydrogen-bond acceptors (Lipinski definition) is 4. The Morgan fingerprint density at radius 2 is 1.83 bits per heavy atom. The molecule has 1 heterocycles. The first kappa shape index (κ1) is 20.0. The van der Waals surface area contributed by atoms with E-state index < -0.39 is 6.10 Å². The van der Waals surface area contributed by atoms with Gasteiger partial charge in [0.25, 0.3) is 5.91 Å². The van der Waals surface area contributed by atoms with Crippen LogP contribution in [0.2, 0.25) is 5.02 Å². The number of aryl methyl sites for hydroxylation is 1. The van der Waals surface area contributed by atoms with Gasteiger partial charge in [0.15, 0.2) is 6.61 Å². The van der Waals surface area contributed by atoms with Gasteiger partial charge in [0, 0.05) is 18.1 Å². The van der Waals surface area contributed by atoms with E-state index in [1.807, 2.05) is 48.2 Å². The second kappa shape index (κ2) is 8.64. The van der Waals surface area contributed by atoms with Crippen LogP contribution in [0.5, 0.6) is 11.5 Å². The van der Waals surface area contributed by atoms with Crippen molar-refractivity contribution in [2.45, 2.75) is 32.0 Å². The molecule has 2 aromatic rings. The van der Waals surface area contributed by atoms with E-state index in [2.05, 4.69) is 0 Å². The lowest BCUT2D eigenvalue weighted by atomic mass is 9.78. The van der Waals surface area contributed by atoms with E-state index in [1.165, 1.54) is 0 Å². The minimum Gasteiger partial charge on any atom is -0.488 e. The number of halogens is 1. The minimum atomic E-state index is -0.547. The predicted octanol–water partition coefficient (Wildman–Crippen LogP) is 3.70. The average Bonchev–Trinajstić information content (AvgIpc) is 3.10. The number of aliphatic hydroxyl groups excluding tert-OH is 1. The van der Waals surface area contributed by atoms with Crippen LogP contribution in [0.4, 0.5) is 0 Å². The van der Waals surface area contributed by atoms with Crippen molar-refractivity contribution in [1.29, 1.82) is 0 Å². The monoisotopic (exact) mass is 415 g/mol. The summed E-state index contributed by atoms with van der Waals surface area (Å²) >= 11 is 6.03. The number of nitrogens with zero attached hydrogens (tertiary/aromatic N) is 1. The normalized spacial score (nSPS) is 26.1. The molecule has 2 aliphatic rings. The van der Waals surface area contributed by atoms with Gasteiger partial charge < -0.3 is 19.5 Å². The number of ether oxygens (including phenoxy) is 2. The lowest BCUT2D eigenvalue weighted by Crippen LogP contribution is -2.42. The highest BCUT2D eigenvalue weighted by Crippen LogP contribution is 2.38. The molecule has 4 atom stereocenters. The van der Waals surface area contributed by atoms with Gasteiger partial charge in [0.2, 0.25) is 0 Å². The molecule has 6 heteroatoms. The highest BCUT2D eigenvalue weighted by atomic mass is 35.5. The molecule has 1 aliphatic heterocycles. The third kappa shape index (κ3) is 4.85. The van der Waals surface area contributed by atoms with Crippen molar-refractivity contribution < 1.29 is 19.4 Å². The molecule has 1 saturated heterocycles. The van der Waals surface area contributed by atoms with Gasteiger partial charge in [-0.05, 0) is 61.9 Å². The fourth-order valence-corrected chi connectivity index (χ4v) is 4.49. The smallest absolute Gasteiger partial charge is 0.260 e. The van der Waals surface area contributed by atoms with Crippen molar-refractivity contribution in [3.63, 3.8) is 0 Å². The van der Waals surface area contributed by atoms with Crippen LogP contribution in [0.25, 0.3) is 0 Å². The molecule has 1 saturated carbocycles. The molecule has 2 aromatic carbocycles. The summed E-state index contributed by atoms with van der Waals surface area (Å²) in [5.74, 6) is 1.98. The molecule has 1 aliphatic carbocycles. The molecule has 154 valence electrons. The van der Waals surface area contributed by atoms with Gasteiger partial charge in [-0.3, -0.25) is 4.79 Å². The first-order valence-electron chi connectivity index (χ1n) is 10.1. The van der Waals surface area contributed by atoms with Gasteiger partial charge in [0.1, 0.15) is 17.6 Å². The van der Waals surface area contributed by atoms with Gasteiger partial charge >= 0.3 is 0 Å². The maximum atomic E-state index is 12.6. The van der Waals surface area contributed by atoms with Crippen molar-refractivity contribution >= 4 is 17.5 Å². The van der Waals surface area contributed by atoms with Gasteiger partial charge in [-0.25, -0.2) is 0 Å². The van der Waals surface area contributed by atoms with E-state index >= 15 is 0 Å². The van der Waals surface area contributed by atoms with Crippen LogP contribution < -0.4 is 9.47 Å². The second-order valence-electron chi connectivity index (χ2n) is 8.07. The average molecular weight is 416 g/mol. The molecule has 2 fully saturated rings. The standard InChI is InChI=1S/C23H26ClNO4/c1-15-5-7-19(8-6-15)28-14-23(27)25-12-16-9-21(26)22(10-17(16)13-25)29-20-4-2-3-18(24)11-20/h2-8,11,16-17,21-22,26H,9-10,12-14H2,1H3/t16-,17+,21+,22+/m0/s1. The Hall–Kier alpha value is -2.24. The van der Waals surface area contributed by atoms with Gasteiger partial charge in [-0.15, -0.1) is 0 Å². The topological polar surface area (TPSA) is 59.0 Å². The zero-order valence-electron chi connectivity index (χ0n) is 16.5. The molecule has 0 radical (unpaired) electrons. The Morgan fingerprint density at radius 3 is 2.55 bits per heavy atom. The van der Waals surface area contributed by atoms with E-state index in [4.69, 9.17) is 21.1 Å². The van der Waals surface area contributed by atoms with E-state index in [0.29, 0.717) is 47.9 Å². The summed E-state index contributed by atoms with van der Waals surface area (Å²) in [6.45, 7) is 3.40. The molecule has 4 rings (SSSR count). The second-order valence-corrected chi connectivity index (χ2v) is 8.51. The summed E-state index contributed by atoms with van der Waals surface area (Å²) in [6, 6.07) is 14.9. The minimum absolute atomic E-state index is 0.0122. The summed E-state index contributed by atoms with van der Waals surface area (Å²) in [4.78, 5) is 14.5. The van der Waals surface area contributed by atoms with E-state index in [9.17, 15) is 9.90 Å². The quantitative estimate of drug-likeness (QED) is 0.808. The number of hydrogen-bond donors (Lipinski definition) is 1. The van der Waals surface area contributed by atoms with Crippen molar-refractivity contribution in [3.8, 4) is 11.5 Å². The van der Waals surface area contributed by atoms with Crippen LogP contribution in [-0.2, 0) is 4.79 Å². The first-order chi connectivity index (χ1) is 14.0. The van der Waals surface area contributed by atoms with E-state index in [1.54, 1.807) is 12.1 Å². The summed E-state index contributed by atoms with van der Waals surface area (Å²) in [7, 11) is 0. The zero-order valence-corrected chi connectivity index (χ0v) is 17.2. The number of likely N-dealkylation sites (tertiary alicyclic amines) is 1. The number of benzene rings is 2. The maximum Gasteiger partial charge on any atom is 0.260 e. The van der Waals surface area contributed by atoms with Crippen molar-refractivity contribution in [2.75, 3.05) is 19.7 Å². The van der Waals surface area contributed by atoms with Gasteiger partial charge in [-0.1, -0.05) is 35.4 Å². The molecular weight excluding hydrogens is 390 g/mol. The molecule has 0 unspecified atom stereocenters. The number of aliphatic hydroxyl groups is 1. The zero-order chi connectivity index (χ0) is 20.4. The van der Waals surface area contributed by atoms with Crippen molar-refractivity contribution in [3.05, 3.63) is 59.1 Å². The van der Waals surface area contributed by atoms with Crippen LogP contribution in [0.15, 0.2) is 48.5 Å². The SMILES string of the molecule is Cc1ccc(OCC(=O)N2C[C@H]3C[C@@H](Oc4cccc(Cl)c4)[C@H](O)C[C@H]3C2)cc1. The van der Waals surface area contributed by atoms with Gasteiger partial charge in [0.05, 0.1) is 6.10 Å². The van der Waals surface area contributed by atoms with Crippen LogP contribution >= 0.6 is 11.6 Å². The summed E-state index contributed by atoms with van der Waals surface area (Å²) in [5, 5.41) is 11.2. The summed E-state index contributed by atoms with van der Waals surface area (Å²) in [5.41, 5.74) is 1.15. The molecule has 1 N–H and O–H groups in total. The van der Waals surface area contributed by atoms with Crippen molar-refractivity contribution in [2.24, 2.45) is 11.8 Å². The largest absolute Gasteiger partial charge is 0.488 e. The van der Waals surface area contributed by atoms with Gasteiger partial charge in [-0.2, -0.15) is 0 Å². The van der Waals surface area contributed by atoms with Crippen molar-refractivity contribution in [1.82, 2.24) is 4.90 Å². The number of amides is 1. The molecular formula is C23H26ClNO4. The molecule has 5 nitrogen and oxygen atoms in total. The number of carbonyl (C=O) groups is 1. The third-order valence-corrected chi connectivity index (χ3v) is 6.14. The third-order valence-electron chi connectivity index (χ3n) is 5.90. The fourth-order valence-electron chi connectivity index (χ4n) is 4.31. The number of rotatable bonds is 5. The summed E-state index contributed by atoms with van der Waals surface area (Å²) < 4.78 is 11.6. The first-order valence-corrected chi connectivity index (χ1v) is 10.4. The highest BCUT2D eigenvalue weighted by Gasteiger charge is 2.43. The lowest BCUT2D eigenvalue weighted by molar-refractivity contribution is -0.132. The fraction of sp³-hybridized carbons (Fsp3) is 0.435. The van der Waals surface area contributed by atoms with Crippen LogP contribution in [0, 0.1) is 18.8 Å². The Balaban J connectivity index is 1.32. The van der Waals surface area contributed by atoms with Crippen LogP contribution in [0.1, 0.15) is 18.4 Å². The molecule has 0 bridgehead atoms. The molecule has 0 spiro atoms. The Labute approximate surface area is 176 Å². The molecule has 29 heavy (non-hydrogen) atoms. The predicted molar refractivity (Wildman–Crippen MR) is 111 cm³/mol. The van der Waals surface area contributed by atoms with E-state index in [-0.39, 0.29) is 18.6 Å². The van der Waals surface area contributed by atoms with Crippen LogP contribution in [-0.4, -0.2) is 47.8 Å². The number of fused-ring (bicyclic) bond motifs is 1. The van der Waals surface area contributed by atoms with Crippen LogP contribution in [0.3, 0.4) is 0 Å². The number of carbonyl (C=O) groups excluding carboxylic acids is 1. The Morgan fingerprint density at radius 1 is 1.10 bits per heavy atom. The van der Waals surface area contributed by atoms with E-state index in [0.717, 1.165) is 12.0 Å². The molecule has 0 aromatic heterocycles. The summed E-state index contributed by atoms with van der Waals surface area (Å²) in [6.07, 6.45) is 0.530. The Kier molecular flexibility index (Phi) is 5.97. The highest BCUT2D eigenvalue weighted by molar-refractivity contribution is 6.30. The maximum absolute atomic E-state index is 12.6.